The molecule has 88 valence electrons. The van der Waals surface area contributed by atoms with Crippen LogP contribution in [-0.2, 0) is 0 Å². The minimum atomic E-state index is -0.834. The van der Waals surface area contributed by atoms with Crippen LogP contribution in [0.4, 0.5) is 0 Å². The first-order valence-electron chi connectivity index (χ1n) is 5.13. The monoisotopic (exact) mass is 267 g/mol. The van der Waals surface area contributed by atoms with Crippen molar-refractivity contribution in [2.45, 2.75) is 13.0 Å². The number of aromatic nitrogens is 1. The average Bonchev–Trinajstić information content (AvgIpc) is 2.28. The number of benzene rings is 1. The van der Waals surface area contributed by atoms with Crippen LogP contribution in [0.2, 0.25) is 10.0 Å². The number of hydrogen-bond acceptors (Lipinski definition) is 2. The van der Waals surface area contributed by atoms with Crippen LogP contribution in [0.3, 0.4) is 0 Å². The summed E-state index contributed by atoms with van der Waals surface area (Å²) in [5, 5.41) is 11.2. The lowest BCUT2D eigenvalue weighted by Gasteiger charge is -2.12. The van der Waals surface area contributed by atoms with Crippen molar-refractivity contribution in [3.8, 4) is 0 Å². The Balaban J connectivity index is 2.40. The van der Waals surface area contributed by atoms with Gasteiger partial charge in [0.25, 0.3) is 0 Å². The third-order valence-corrected chi connectivity index (χ3v) is 3.04. The second-order valence-corrected chi connectivity index (χ2v) is 4.67. The van der Waals surface area contributed by atoms with E-state index in [0.717, 1.165) is 5.56 Å². The maximum atomic E-state index is 10.2. The van der Waals surface area contributed by atoms with Crippen LogP contribution in [0.1, 0.15) is 22.9 Å². The molecular weight excluding hydrogens is 257 g/mol. The van der Waals surface area contributed by atoms with Crippen molar-refractivity contribution in [2.75, 3.05) is 0 Å². The second kappa shape index (κ2) is 5.05. The normalized spacial score (nSPS) is 12.5. The van der Waals surface area contributed by atoms with Crippen LogP contribution in [0, 0.1) is 6.92 Å². The lowest BCUT2D eigenvalue weighted by Crippen LogP contribution is -2.03. The van der Waals surface area contributed by atoms with Crippen molar-refractivity contribution in [1.82, 2.24) is 4.98 Å². The van der Waals surface area contributed by atoms with Crippen LogP contribution in [-0.4, -0.2) is 10.1 Å². The molecule has 17 heavy (non-hydrogen) atoms. The van der Waals surface area contributed by atoms with Gasteiger partial charge in [0.1, 0.15) is 6.10 Å². The number of halogens is 2. The lowest BCUT2D eigenvalue weighted by molar-refractivity contribution is 0.215. The minimum Gasteiger partial charge on any atom is -0.382 e. The van der Waals surface area contributed by atoms with E-state index in [2.05, 4.69) is 4.98 Å². The Kier molecular flexibility index (Phi) is 3.67. The first-order valence-corrected chi connectivity index (χ1v) is 5.89. The van der Waals surface area contributed by atoms with Gasteiger partial charge in [-0.1, -0.05) is 29.3 Å². The Bertz CT molecular complexity index is 543. The van der Waals surface area contributed by atoms with E-state index < -0.39 is 6.10 Å². The fourth-order valence-electron chi connectivity index (χ4n) is 1.59. The first kappa shape index (κ1) is 12.4. The second-order valence-electron chi connectivity index (χ2n) is 3.83. The van der Waals surface area contributed by atoms with E-state index in [9.17, 15) is 5.11 Å². The fraction of sp³-hybridized carbons (Fsp3) is 0.154. The van der Waals surface area contributed by atoms with Crippen molar-refractivity contribution >= 4 is 23.2 Å². The Morgan fingerprint density at radius 1 is 1.18 bits per heavy atom. The SMILES string of the molecule is Cc1ccnc(C(O)c2ccc(Cl)cc2Cl)c1. The third kappa shape index (κ3) is 2.78. The van der Waals surface area contributed by atoms with Crippen LogP contribution in [0.15, 0.2) is 36.5 Å². The van der Waals surface area contributed by atoms with E-state index in [-0.39, 0.29) is 0 Å². The summed E-state index contributed by atoms with van der Waals surface area (Å²) in [5.41, 5.74) is 2.22. The smallest absolute Gasteiger partial charge is 0.122 e. The van der Waals surface area contributed by atoms with Gasteiger partial charge in [-0.3, -0.25) is 4.98 Å². The third-order valence-electron chi connectivity index (χ3n) is 2.47. The van der Waals surface area contributed by atoms with E-state index in [0.29, 0.717) is 21.3 Å². The van der Waals surface area contributed by atoms with Crippen molar-refractivity contribution in [3.63, 3.8) is 0 Å². The van der Waals surface area contributed by atoms with E-state index in [4.69, 9.17) is 23.2 Å². The molecule has 0 aliphatic heterocycles. The lowest BCUT2D eigenvalue weighted by atomic mass is 10.1. The molecule has 2 nitrogen and oxygen atoms in total. The molecule has 0 amide bonds. The molecule has 0 aliphatic carbocycles. The molecule has 2 aromatic rings. The maximum Gasteiger partial charge on any atom is 0.122 e. The summed E-state index contributed by atoms with van der Waals surface area (Å²) in [7, 11) is 0. The summed E-state index contributed by atoms with van der Waals surface area (Å²) in [4.78, 5) is 4.14. The quantitative estimate of drug-likeness (QED) is 0.899. The molecule has 0 saturated heterocycles. The topological polar surface area (TPSA) is 33.1 Å². The zero-order valence-electron chi connectivity index (χ0n) is 9.19. The molecule has 4 heteroatoms. The average molecular weight is 268 g/mol. The fourth-order valence-corrected chi connectivity index (χ4v) is 2.10. The van der Waals surface area contributed by atoms with E-state index in [1.807, 2.05) is 19.1 Å². The number of hydrogen-bond donors (Lipinski definition) is 1. The largest absolute Gasteiger partial charge is 0.382 e. The zero-order valence-corrected chi connectivity index (χ0v) is 10.7. The molecule has 1 aromatic heterocycles. The summed E-state index contributed by atoms with van der Waals surface area (Å²) >= 11 is 11.9. The summed E-state index contributed by atoms with van der Waals surface area (Å²) in [6.07, 6.45) is 0.831. The number of rotatable bonds is 2. The van der Waals surface area contributed by atoms with Gasteiger partial charge in [-0.15, -0.1) is 0 Å². The van der Waals surface area contributed by atoms with Gasteiger partial charge in [-0.25, -0.2) is 0 Å². The molecule has 0 aliphatic rings. The highest BCUT2D eigenvalue weighted by Crippen LogP contribution is 2.29. The molecule has 0 fully saturated rings. The van der Waals surface area contributed by atoms with Gasteiger partial charge in [0, 0.05) is 21.8 Å². The summed E-state index contributed by atoms with van der Waals surface area (Å²) in [6.45, 7) is 1.95. The molecule has 1 aromatic carbocycles. The molecule has 2 rings (SSSR count). The van der Waals surface area contributed by atoms with Crippen molar-refractivity contribution < 1.29 is 5.11 Å². The molecule has 1 unspecified atom stereocenters. The standard InChI is InChI=1S/C13H11Cl2NO/c1-8-4-5-16-12(6-8)13(17)10-3-2-9(14)7-11(10)15/h2-7,13,17H,1H3. The molecule has 0 radical (unpaired) electrons. The van der Waals surface area contributed by atoms with Gasteiger partial charge in [0.2, 0.25) is 0 Å². The van der Waals surface area contributed by atoms with Crippen molar-refractivity contribution in [3.05, 3.63) is 63.4 Å². The molecule has 1 heterocycles. The minimum absolute atomic E-state index is 0.438. The van der Waals surface area contributed by atoms with Gasteiger partial charge < -0.3 is 5.11 Å². The molecule has 1 atom stereocenters. The first-order chi connectivity index (χ1) is 8.08. The molecule has 0 spiro atoms. The van der Waals surface area contributed by atoms with Gasteiger partial charge in [0.05, 0.1) is 5.69 Å². The number of aliphatic hydroxyl groups excluding tert-OH is 1. The number of pyridine rings is 1. The van der Waals surface area contributed by atoms with Crippen LogP contribution in [0.25, 0.3) is 0 Å². The molecular formula is C13H11Cl2NO. The molecule has 0 bridgehead atoms. The highest BCUT2D eigenvalue weighted by molar-refractivity contribution is 6.35. The number of nitrogens with zero attached hydrogens (tertiary/aromatic N) is 1. The Hall–Kier alpha value is -1.09. The van der Waals surface area contributed by atoms with E-state index in [1.165, 1.54) is 0 Å². The highest BCUT2D eigenvalue weighted by Gasteiger charge is 2.15. The van der Waals surface area contributed by atoms with E-state index in [1.54, 1.807) is 24.4 Å². The van der Waals surface area contributed by atoms with E-state index >= 15 is 0 Å². The number of aliphatic hydroxyl groups is 1. The Labute approximate surface area is 110 Å². The van der Waals surface area contributed by atoms with Gasteiger partial charge in [0.15, 0.2) is 0 Å². The Morgan fingerprint density at radius 2 is 1.94 bits per heavy atom. The summed E-state index contributed by atoms with van der Waals surface area (Å²) in [6, 6.07) is 8.72. The van der Waals surface area contributed by atoms with Crippen LogP contribution in [0.5, 0.6) is 0 Å². The van der Waals surface area contributed by atoms with Crippen molar-refractivity contribution in [1.29, 1.82) is 0 Å². The summed E-state index contributed by atoms with van der Waals surface area (Å²) < 4.78 is 0. The van der Waals surface area contributed by atoms with Gasteiger partial charge in [-0.2, -0.15) is 0 Å². The molecule has 0 saturated carbocycles. The van der Waals surface area contributed by atoms with Gasteiger partial charge in [-0.05, 0) is 36.8 Å². The van der Waals surface area contributed by atoms with Crippen LogP contribution < -0.4 is 0 Å². The molecule has 1 N–H and O–H groups in total. The van der Waals surface area contributed by atoms with Crippen LogP contribution >= 0.6 is 23.2 Å². The maximum absolute atomic E-state index is 10.2. The Morgan fingerprint density at radius 3 is 2.59 bits per heavy atom. The predicted octanol–water partition coefficient (Wildman–Crippen LogP) is 3.78. The van der Waals surface area contributed by atoms with Crippen molar-refractivity contribution in [2.24, 2.45) is 0 Å². The van der Waals surface area contributed by atoms with Gasteiger partial charge >= 0.3 is 0 Å². The predicted molar refractivity (Wildman–Crippen MR) is 69.5 cm³/mol. The number of aryl methyl sites for hydroxylation is 1. The summed E-state index contributed by atoms with van der Waals surface area (Å²) in [5.74, 6) is 0. The highest BCUT2D eigenvalue weighted by atomic mass is 35.5. The zero-order chi connectivity index (χ0) is 12.4.